The zero-order valence-corrected chi connectivity index (χ0v) is 23.5. The van der Waals surface area contributed by atoms with Crippen LogP contribution in [0.1, 0.15) is 130 Å². The third-order valence-corrected chi connectivity index (χ3v) is 5.70. The number of nitrogens with zero attached hydrogens (tertiary/aromatic N) is 1. The first-order valence-corrected chi connectivity index (χ1v) is 14.2. The monoisotopic (exact) mass is 491 g/mol. The van der Waals surface area contributed by atoms with Crippen LogP contribution in [0.4, 0.5) is 0 Å². The number of aliphatic hydroxyl groups is 3. The van der Waals surface area contributed by atoms with Crippen LogP contribution in [0.3, 0.4) is 0 Å². The average Bonchev–Trinajstić information content (AvgIpc) is 2.85. The van der Waals surface area contributed by atoms with Crippen LogP contribution in [0.25, 0.3) is 0 Å². The highest BCUT2D eigenvalue weighted by Gasteiger charge is 2.07. The Labute approximate surface area is 212 Å². The topological polar surface area (TPSA) is 90.2 Å². The lowest BCUT2D eigenvalue weighted by molar-refractivity contribution is -0.143. The highest BCUT2D eigenvalue weighted by molar-refractivity contribution is 5.69. The average molecular weight is 492 g/mol. The van der Waals surface area contributed by atoms with E-state index in [1.807, 2.05) is 6.92 Å². The molecular weight excluding hydrogens is 430 g/mol. The Bertz CT molecular complexity index is 369. The van der Waals surface area contributed by atoms with E-state index >= 15 is 0 Å². The summed E-state index contributed by atoms with van der Waals surface area (Å²) in [6.07, 6.45) is 17.8. The molecule has 34 heavy (non-hydrogen) atoms. The van der Waals surface area contributed by atoms with Crippen LogP contribution in [0.2, 0.25) is 0 Å². The molecule has 0 aromatic carbocycles. The van der Waals surface area contributed by atoms with Crippen molar-refractivity contribution in [1.29, 1.82) is 0 Å². The van der Waals surface area contributed by atoms with E-state index in [9.17, 15) is 9.90 Å². The molecule has 3 N–H and O–H groups in total. The second-order valence-corrected chi connectivity index (χ2v) is 8.92. The molecule has 0 radical (unpaired) electrons. The van der Waals surface area contributed by atoms with Gasteiger partial charge in [-0.1, -0.05) is 91.9 Å². The minimum Gasteiger partial charge on any atom is -0.466 e. The third-order valence-electron chi connectivity index (χ3n) is 5.70. The maximum Gasteiger partial charge on any atom is 0.305 e. The first kappa shape index (κ1) is 37.9. The first-order valence-electron chi connectivity index (χ1n) is 14.2. The summed E-state index contributed by atoms with van der Waals surface area (Å²) >= 11 is 0. The molecule has 0 fully saturated rings. The van der Waals surface area contributed by atoms with Gasteiger partial charge in [0, 0.05) is 20.1 Å². The van der Waals surface area contributed by atoms with Crippen molar-refractivity contribution in [1.82, 2.24) is 4.90 Å². The Morgan fingerprint density at radius 2 is 1.26 bits per heavy atom. The number of aliphatic hydroxyl groups excluding tert-OH is 3. The van der Waals surface area contributed by atoms with E-state index < -0.39 is 0 Å². The molecule has 0 saturated carbocycles. The molecule has 0 heterocycles. The molecule has 0 saturated heterocycles. The lowest BCUT2D eigenvalue weighted by Crippen LogP contribution is -2.29. The minimum absolute atomic E-state index is 0.0509. The van der Waals surface area contributed by atoms with Crippen molar-refractivity contribution in [2.24, 2.45) is 0 Å². The van der Waals surface area contributed by atoms with Crippen molar-refractivity contribution >= 4 is 5.97 Å². The van der Waals surface area contributed by atoms with Crippen molar-refractivity contribution in [3.8, 4) is 0 Å². The van der Waals surface area contributed by atoms with Crippen molar-refractivity contribution in [3.63, 3.8) is 0 Å². The van der Waals surface area contributed by atoms with Crippen LogP contribution in [-0.2, 0) is 9.53 Å². The smallest absolute Gasteiger partial charge is 0.305 e. The summed E-state index contributed by atoms with van der Waals surface area (Å²) < 4.78 is 5.29. The summed E-state index contributed by atoms with van der Waals surface area (Å²) in [7, 11) is 1.00. The van der Waals surface area contributed by atoms with Crippen LogP contribution in [0.5, 0.6) is 0 Å². The zero-order chi connectivity index (χ0) is 26.3. The molecule has 0 amide bonds. The molecule has 6 nitrogen and oxygen atoms in total. The van der Waals surface area contributed by atoms with Gasteiger partial charge in [0.15, 0.2) is 0 Å². The molecule has 1 unspecified atom stereocenters. The Balaban J connectivity index is -0.000000905. The number of rotatable bonds is 22. The standard InChI is InChI=1S/C21H43NO3.C6H14O.CH4O/c1-3-5-7-9-10-12-16-22(18-19-23)17-14-15-21(24)25-20-13-11-8-6-4-2;1-3-5-6(7)4-2;1-2/h23H,3-20H2,1-2H3;6-7H,3-5H2,1-2H3;2H,1H3. The number of esters is 1. The molecule has 0 bridgehead atoms. The molecule has 0 spiro atoms. The number of carbonyl (C=O) groups excluding carboxylic acids is 1. The Morgan fingerprint density at radius 1 is 0.735 bits per heavy atom. The third kappa shape index (κ3) is 33.5. The molecule has 1 atom stereocenters. The molecule has 0 aromatic rings. The van der Waals surface area contributed by atoms with Crippen LogP contribution in [0, 0.1) is 0 Å². The van der Waals surface area contributed by atoms with Gasteiger partial charge in [-0.3, -0.25) is 4.79 Å². The van der Waals surface area contributed by atoms with Crippen LogP contribution >= 0.6 is 0 Å². The molecule has 0 rings (SSSR count). The fraction of sp³-hybridized carbons (Fsp3) is 0.964. The molecule has 6 heteroatoms. The minimum atomic E-state index is -0.0704. The second kappa shape index (κ2) is 34.5. The predicted molar refractivity (Wildman–Crippen MR) is 145 cm³/mol. The van der Waals surface area contributed by atoms with Gasteiger partial charge in [-0.25, -0.2) is 0 Å². The number of unbranched alkanes of at least 4 members (excludes halogenated alkanes) is 9. The number of carbonyl (C=O) groups is 1. The van der Waals surface area contributed by atoms with Gasteiger partial charge in [0.2, 0.25) is 0 Å². The van der Waals surface area contributed by atoms with Crippen molar-refractivity contribution < 1.29 is 24.9 Å². The Hall–Kier alpha value is -0.690. The number of hydrogen-bond donors (Lipinski definition) is 3. The molecule has 0 aliphatic rings. The van der Waals surface area contributed by atoms with Gasteiger partial charge in [-0.2, -0.15) is 0 Å². The lowest BCUT2D eigenvalue weighted by atomic mass is 10.1. The molecule has 0 aromatic heterocycles. The van der Waals surface area contributed by atoms with E-state index in [0.29, 0.717) is 19.6 Å². The summed E-state index contributed by atoms with van der Waals surface area (Å²) in [4.78, 5) is 14.0. The van der Waals surface area contributed by atoms with E-state index in [4.69, 9.17) is 14.9 Å². The summed E-state index contributed by atoms with van der Waals surface area (Å²) in [5.41, 5.74) is 0. The van der Waals surface area contributed by atoms with Crippen molar-refractivity contribution in [2.45, 2.75) is 137 Å². The maximum atomic E-state index is 11.7. The highest BCUT2D eigenvalue weighted by Crippen LogP contribution is 2.07. The fourth-order valence-electron chi connectivity index (χ4n) is 3.54. The van der Waals surface area contributed by atoms with Gasteiger partial charge >= 0.3 is 5.97 Å². The lowest BCUT2D eigenvalue weighted by Gasteiger charge is -2.21. The molecule has 0 aliphatic heterocycles. The zero-order valence-electron chi connectivity index (χ0n) is 23.5. The van der Waals surface area contributed by atoms with Crippen LogP contribution < -0.4 is 0 Å². The van der Waals surface area contributed by atoms with Gasteiger partial charge < -0.3 is 25.0 Å². The number of ether oxygens (including phenoxy) is 1. The van der Waals surface area contributed by atoms with Gasteiger partial charge in [-0.15, -0.1) is 0 Å². The first-order chi connectivity index (χ1) is 16.5. The van der Waals surface area contributed by atoms with E-state index in [-0.39, 0.29) is 18.7 Å². The van der Waals surface area contributed by atoms with E-state index in [1.165, 1.54) is 57.8 Å². The largest absolute Gasteiger partial charge is 0.466 e. The van der Waals surface area contributed by atoms with Crippen LogP contribution in [-0.4, -0.2) is 72.3 Å². The second-order valence-electron chi connectivity index (χ2n) is 8.92. The molecule has 208 valence electrons. The van der Waals surface area contributed by atoms with Crippen molar-refractivity contribution in [2.75, 3.05) is 40.0 Å². The van der Waals surface area contributed by atoms with E-state index in [2.05, 4.69) is 25.7 Å². The van der Waals surface area contributed by atoms with E-state index in [1.54, 1.807) is 0 Å². The van der Waals surface area contributed by atoms with Crippen molar-refractivity contribution in [3.05, 3.63) is 0 Å². The quantitative estimate of drug-likeness (QED) is 0.125. The Morgan fingerprint density at radius 3 is 1.76 bits per heavy atom. The predicted octanol–water partition coefficient (Wildman–Crippen LogP) is 6.10. The van der Waals surface area contributed by atoms with Gasteiger partial charge in [0.1, 0.15) is 0 Å². The van der Waals surface area contributed by atoms with Gasteiger partial charge in [0.05, 0.1) is 19.3 Å². The summed E-state index contributed by atoms with van der Waals surface area (Å²) in [6.45, 7) is 11.9. The summed E-state index contributed by atoms with van der Waals surface area (Å²) in [5, 5.41) is 25.0. The number of hydrogen-bond acceptors (Lipinski definition) is 6. The summed E-state index contributed by atoms with van der Waals surface area (Å²) in [5.74, 6) is -0.0704. The summed E-state index contributed by atoms with van der Waals surface area (Å²) in [6, 6.07) is 0. The van der Waals surface area contributed by atoms with Gasteiger partial charge in [0.25, 0.3) is 0 Å². The molecular formula is C28H61NO5. The van der Waals surface area contributed by atoms with Crippen LogP contribution in [0.15, 0.2) is 0 Å². The van der Waals surface area contributed by atoms with E-state index in [0.717, 1.165) is 58.7 Å². The van der Waals surface area contributed by atoms with Gasteiger partial charge in [-0.05, 0) is 45.2 Å². The fourth-order valence-corrected chi connectivity index (χ4v) is 3.54. The normalized spacial score (nSPS) is 11.3. The molecule has 0 aliphatic carbocycles. The SMILES string of the molecule is CCCC(O)CC.CCCCCCCCN(CCO)CCCC(=O)OCCCCCCC.CO. The maximum absolute atomic E-state index is 11.7. The Kier molecular flexibility index (Phi) is 38.4. The highest BCUT2D eigenvalue weighted by atomic mass is 16.5.